The van der Waals surface area contributed by atoms with Crippen molar-refractivity contribution < 1.29 is 4.74 Å². The first-order valence-corrected chi connectivity index (χ1v) is 4.48. The quantitative estimate of drug-likeness (QED) is 0.569. The van der Waals surface area contributed by atoms with Crippen molar-refractivity contribution in [1.29, 1.82) is 0 Å². The summed E-state index contributed by atoms with van der Waals surface area (Å²) in [5.74, 6) is 0. The van der Waals surface area contributed by atoms with Crippen molar-refractivity contribution >= 4 is 0 Å². The van der Waals surface area contributed by atoms with Crippen molar-refractivity contribution in [1.82, 2.24) is 4.90 Å². The van der Waals surface area contributed by atoms with Gasteiger partial charge in [0.05, 0.1) is 6.61 Å². The molecule has 0 bridgehead atoms. The lowest BCUT2D eigenvalue weighted by Gasteiger charge is -2.22. The van der Waals surface area contributed by atoms with Crippen LogP contribution in [0.25, 0.3) is 0 Å². The smallest absolute Gasteiger partial charge is 0.118 e. The van der Waals surface area contributed by atoms with E-state index in [-0.39, 0.29) is 0 Å². The minimum absolute atomic E-state index is 0.825. The average molecular weight is 153 g/mol. The highest BCUT2D eigenvalue weighted by atomic mass is 16.5. The van der Waals surface area contributed by atoms with Crippen LogP contribution >= 0.6 is 0 Å². The first-order chi connectivity index (χ1) is 5.47. The molecule has 2 nitrogen and oxygen atoms in total. The highest BCUT2D eigenvalue weighted by molar-refractivity contribution is 5.04. The second-order valence-electron chi connectivity index (χ2n) is 3.24. The van der Waals surface area contributed by atoms with Gasteiger partial charge in [0, 0.05) is 12.2 Å². The molecule has 11 heavy (non-hydrogen) atoms. The third-order valence-electron chi connectivity index (χ3n) is 2.43. The van der Waals surface area contributed by atoms with Crippen LogP contribution in [0.2, 0.25) is 0 Å². The second-order valence-corrected chi connectivity index (χ2v) is 3.24. The summed E-state index contributed by atoms with van der Waals surface area (Å²) in [6.07, 6.45) is 7.65. The predicted molar refractivity (Wildman–Crippen MR) is 44.1 cm³/mol. The number of hydrogen-bond acceptors (Lipinski definition) is 2. The molecule has 1 aliphatic heterocycles. The second kappa shape index (κ2) is 3.26. The summed E-state index contributed by atoms with van der Waals surface area (Å²) in [6, 6.07) is 0. The van der Waals surface area contributed by atoms with Gasteiger partial charge in [0.1, 0.15) is 6.73 Å². The van der Waals surface area contributed by atoms with Crippen LogP contribution in [0.4, 0.5) is 0 Å². The predicted octanol–water partition coefficient (Wildman–Crippen LogP) is 1.73. The fraction of sp³-hybridized carbons (Fsp3) is 0.778. The van der Waals surface area contributed by atoms with Crippen molar-refractivity contribution in [3.63, 3.8) is 0 Å². The Morgan fingerprint density at radius 2 is 2.36 bits per heavy atom. The average Bonchev–Trinajstić information content (AvgIpc) is 2.58. The van der Waals surface area contributed by atoms with Crippen LogP contribution in [0.5, 0.6) is 0 Å². The summed E-state index contributed by atoms with van der Waals surface area (Å²) in [5.41, 5.74) is 1.52. The minimum atomic E-state index is 0.825. The van der Waals surface area contributed by atoms with Gasteiger partial charge in [0.2, 0.25) is 0 Å². The lowest BCUT2D eigenvalue weighted by Crippen LogP contribution is -2.20. The Labute approximate surface area is 67.8 Å². The number of rotatable bonds is 1. The van der Waals surface area contributed by atoms with E-state index in [1.54, 1.807) is 0 Å². The van der Waals surface area contributed by atoms with Crippen LogP contribution < -0.4 is 0 Å². The maximum atomic E-state index is 5.30. The Morgan fingerprint density at radius 1 is 1.36 bits per heavy atom. The van der Waals surface area contributed by atoms with Gasteiger partial charge in [0.25, 0.3) is 0 Å². The van der Waals surface area contributed by atoms with Gasteiger partial charge in [-0.1, -0.05) is 6.08 Å². The molecule has 62 valence electrons. The highest BCUT2D eigenvalue weighted by Crippen LogP contribution is 2.21. The maximum absolute atomic E-state index is 5.30. The molecule has 1 aliphatic carbocycles. The zero-order valence-electron chi connectivity index (χ0n) is 6.88. The fourth-order valence-corrected chi connectivity index (χ4v) is 1.75. The lowest BCUT2D eigenvalue weighted by molar-refractivity contribution is 0.154. The SMILES string of the molecule is C1=C(N2CCOC2)CCCC1. The molecule has 1 heterocycles. The molecule has 1 saturated heterocycles. The summed E-state index contributed by atoms with van der Waals surface area (Å²) < 4.78 is 5.30. The van der Waals surface area contributed by atoms with Gasteiger partial charge in [0.15, 0.2) is 0 Å². The molecule has 0 spiro atoms. The van der Waals surface area contributed by atoms with Crippen molar-refractivity contribution in [2.75, 3.05) is 19.9 Å². The Kier molecular flexibility index (Phi) is 2.13. The third-order valence-corrected chi connectivity index (χ3v) is 2.43. The molecule has 0 saturated carbocycles. The Hall–Kier alpha value is -0.500. The monoisotopic (exact) mass is 153 g/mol. The van der Waals surface area contributed by atoms with Gasteiger partial charge in [-0.15, -0.1) is 0 Å². The minimum Gasteiger partial charge on any atom is -0.359 e. The Morgan fingerprint density at radius 3 is 3.00 bits per heavy atom. The van der Waals surface area contributed by atoms with E-state index in [1.807, 2.05) is 0 Å². The first kappa shape index (κ1) is 7.17. The molecule has 0 amide bonds. The van der Waals surface area contributed by atoms with Crippen LogP contribution in [0, 0.1) is 0 Å². The zero-order valence-corrected chi connectivity index (χ0v) is 6.88. The molecule has 0 aromatic carbocycles. The maximum Gasteiger partial charge on any atom is 0.118 e. The lowest BCUT2D eigenvalue weighted by atomic mass is 10.0. The van der Waals surface area contributed by atoms with Crippen molar-refractivity contribution in [3.05, 3.63) is 11.8 Å². The molecule has 1 fully saturated rings. The van der Waals surface area contributed by atoms with Crippen molar-refractivity contribution in [2.45, 2.75) is 25.7 Å². The number of allylic oxidation sites excluding steroid dienone is 2. The number of nitrogens with zero attached hydrogens (tertiary/aromatic N) is 1. The van der Waals surface area contributed by atoms with Gasteiger partial charge in [-0.2, -0.15) is 0 Å². The van der Waals surface area contributed by atoms with Crippen LogP contribution in [0.3, 0.4) is 0 Å². The summed E-state index contributed by atoms with van der Waals surface area (Å²) in [6.45, 7) is 2.84. The Balaban J connectivity index is 1.96. The zero-order chi connectivity index (χ0) is 7.52. The van der Waals surface area contributed by atoms with E-state index in [2.05, 4.69) is 11.0 Å². The summed E-state index contributed by atoms with van der Waals surface area (Å²) in [7, 11) is 0. The summed E-state index contributed by atoms with van der Waals surface area (Å²) in [5, 5.41) is 0. The third kappa shape index (κ3) is 1.56. The molecule has 2 rings (SSSR count). The normalized spacial score (nSPS) is 25.5. The van der Waals surface area contributed by atoms with Crippen molar-refractivity contribution in [3.8, 4) is 0 Å². The molecule has 2 aliphatic rings. The standard InChI is InChI=1S/C9H15NO/c1-2-4-9(5-3-1)10-6-7-11-8-10/h4H,1-3,5-8H2. The van der Waals surface area contributed by atoms with E-state index in [4.69, 9.17) is 4.74 Å². The molecule has 0 aromatic heterocycles. The van der Waals surface area contributed by atoms with Gasteiger partial charge in [-0.3, -0.25) is 0 Å². The topological polar surface area (TPSA) is 12.5 Å². The van der Waals surface area contributed by atoms with Crippen molar-refractivity contribution in [2.24, 2.45) is 0 Å². The van der Waals surface area contributed by atoms with Gasteiger partial charge >= 0.3 is 0 Å². The summed E-state index contributed by atoms with van der Waals surface area (Å²) in [4.78, 5) is 2.36. The van der Waals surface area contributed by atoms with Crippen LogP contribution in [-0.2, 0) is 4.74 Å². The number of ether oxygens (including phenoxy) is 1. The molecule has 0 N–H and O–H groups in total. The molecule has 2 heteroatoms. The van der Waals surface area contributed by atoms with Crippen LogP contribution in [0.1, 0.15) is 25.7 Å². The largest absolute Gasteiger partial charge is 0.359 e. The van der Waals surface area contributed by atoms with Crippen LogP contribution in [0.15, 0.2) is 11.8 Å². The fourth-order valence-electron chi connectivity index (χ4n) is 1.75. The Bertz CT molecular complexity index is 159. The molecule has 0 aromatic rings. The molecular weight excluding hydrogens is 138 g/mol. The van der Waals surface area contributed by atoms with E-state index in [9.17, 15) is 0 Å². The van der Waals surface area contributed by atoms with E-state index in [1.165, 1.54) is 31.4 Å². The van der Waals surface area contributed by atoms with E-state index >= 15 is 0 Å². The van der Waals surface area contributed by atoms with E-state index in [0.717, 1.165) is 19.9 Å². The van der Waals surface area contributed by atoms with E-state index < -0.39 is 0 Å². The van der Waals surface area contributed by atoms with Gasteiger partial charge in [-0.25, -0.2) is 0 Å². The van der Waals surface area contributed by atoms with Gasteiger partial charge < -0.3 is 9.64 Å². The molecule has 0 atom stereocenters. The highest BCUT2D eigenvalue weighted by Gasteiger charge is 2.15. The van der Waals surface area contributed by atoms with E-state index in [0.29, 0.717) is 0 Å². The summed E-state index contributed by atoms with van der Waals surface area (Å²) >= 11 is 0. The number of hydrogen-bond donors (Lipinski definition) is 0. The van der Waals surface area contributed by atoms with Gasteiger partial charge in [-0.05, 0) is 25.7 Å². The molecular formula is C9H15NO. The molecule has 0 radical (unpaired) electrons. The first-order valence-electron chi connectivity index (χ1n) is 4.48. The molecule has 0 unspecified atom stereocenters. The van der Waals surface area contributed by atoms with Crippen LogP contribution in [-0.4, -0.2) is 24.8 Å².